The van der Waals surface area contributed by atoms with E-state index in [9.17, 15) is 14.4 Å². The number of rotatable bonds is 7. The molecule has 28 heavy (non-hydrogen) atoms. The molecular formula is C20H28ClN3O4. The van der Waals surface area contributed by atoms with E-state index in [2.05, 4.69) is 19.2 Å². The van der Waals surface area contributed by atoms with E-state index >= 15 is 0 Å². The van der Waals surface area contributed by atoms with Crippen LogP contribution in [0, 0.1) is 5.92 Å². The first-order chi connectivity index (χ1) is 12.9. The smallest absolute Gasteiger partial charge is 0.261 e. The Kier molecular flexibility index (Phi) is 7.57. The lowest BCUT2D eigenvalue weighted by atomic mass is 10.0. The number of benzene rings is 1. The largest absolute Gasteiger partial charge is 0.376 e. The lowest BCUT2D eigenvalue weighted by molar-refractivity contribution is 0.0475. The van der Waals surface area contributed by atoms with Gasteiger partial charge in [0.05, 0.1) is 23.8 Å². The van der Waals surface area contributed by atoms with Crippen LogP contribution in [-0.4, -0.2) is 54.5 Å². The molecule has 3 N–H and O–H groups in total. The Labute approximate surface area is 171 Å². The Morgan fingerprint density at radius 1 is 1.29 bits per heavy atom. The molecule has 1 aromatic carbocycles. The van der Waals surface area contributed by atoms with Crippen molar-refractivity contribution in [2.45, 2.75) is 45.3 Å². The van der Waals surface area contributed by atoms with Crippen molar-refractivity contribution in [3.8, 4) is 0 Å². The molecule has 0 spiro atoms. The first kappa shape index (κ1) is 22.3. The van der Waals surface area contributed by atoms with Crippen molar-refractivity contribution in [1.82, 2.24) is 10.2 Å². The molecule has 0 bridgehead atoms. The summed E-state index contributed by atoms with van der Waals surface area (Å²) in [5.74, 6) is -0.564. The van der Waals surface area contributed by atoms with Crippen molar-refractivity contribution in [3.05, 3.63) is 34.9 Å². The fraction of sp³-hybridized carbons (Fsp3) is 0.550. The standard InChI is InChI=1S/C20H27N3O4.ClH/c1-12(2)8-14(10-21)22-18(24)13-5-6-16-17(9-13)20(26)23(19(16)25)11-15-4-3-7-27-15;/h5-6,9,12,14-15H,3-4,7-8,10-11,21H2,1-2H3,(H,22,24);1H. The van der Waals surface area contributed by atoms with E-state index in [-0.39, 0.29) is 54.4 Å². The van der Waals surface area contributed by atoms with Crippen molar-refractivity contribution in [1.29, 1.82) is 0 Å². The third-order valence-corrected chi connectivity index (χ3v) is 5.02. The average Bonchev–Trinajstić information content (AvgIpc) is 3.23. The minimum atomic E-state index is -0.363. The van der Waals surface area contributed by atoms with Gasteiger partial charge in [-0.1, -0.05) is 13.8 Å². The van der Waals surface area contributed by atoms with Gasteiger partial charge in [-0.15, -0.1) is 12.4 Å². The second kappa shape index (κ2) is 9.49. The van der Waals surface area contributed by atoms with Gasteiger partial charge in [-0.3, -0.25) is 19.3 Å². The van der Waals surface area contributed by atoms with Crippen LogP contribution in [-0.2, 0) is 4.74 Å². The van der Waals surface area contributed by atoms with E-state index in [1.165, 1.54) is 11.0 Å². The fourth-order valence-electron chi connectivity index (χ4n) is 3.64. The lowest BCUT2D eigenvalue weighted by Crippen LogP contribution is -2.41. The van der Waals surface area contributed by atoms with Gasteiger partial charge in [0.2, 0.25) is 0 Å². The summed E-state index contributed by atoms with van der Waals surface area (Å²) in [7, 11) is 0. The number of amides is 3. The molecule has 3 amide bonds. The molecule has 0 aromatic heterocycles. The van der Waals surface area contributed by atoms with E-state index in [0.717, 1.165) is 19.3 Å². The van der Waals surface area contributed by atoms with Gasteiger partial charge in [-0.25, -0.2) is 0 Å². The Balaban J connectivity index is 0.00000280. The van der Waals surface area contributed by atoms with Gasteiger partial charge in [-0.2, -0.15) is 0 Å². The maximum Gasteiger partial charge on any atom is 0.261 e. The van der Waals surface area contributed by atoms with Crippen LogP contribution < -0.4 is 11.1 Å². The summed E-state index contributed by atoms with van der Waals surface area (Å²) in [4.78, 5) is 39.0. The zero-order chi connectivity index (χ0) is 19.6. The molecule has 1 saturated heterocycles. The third-order valence-electron chi connectivity index (χ3n) is 5.02. The second-order valence-corrected chi connectivity index (χ2v) is 7.65. The zero-order valence-electron chi connectivity index (χ0n) is 16.3. The van der Waals surface area contributed by atoms with Crippen LogP contribution in [0.4, 0.5) is 0 Å². The van der Waals surface area contributed by atoms with Crippen LogP contribution in [0.1, 0.15) is 64.2 Å². The minimum absolute atomic E-state index is 0. The predicted molar refractivity (Wildman–Crippen MR) is 108 cm³/mol. The summed E-state index contributed by atoms with van der Waals surface area (Å²) in [6.07, 6.45) is 2.46. The first-order valence-corrected chi connectivity index (χ1v) is 9.53. The van der Waals surface area contributed by atoms with Crippen molar-refractivity contribution in [2.75, 3.05) is 19.7 Å². The third kappa shape index (κ3) is 4.71. The topological polar surface area (TPSA) is 102 Å². The molecule has 8 heteroatoms. The predicted octanol–water partition coefficient (Wildman–Crippen LogP) is 1.99. The van der Waals surface area contributed by atoms with Gasteiger partial charge in [0.15, 0.2) is 0 Å². The van der Waals surface area contributed by atoms with Gasteiger partial charge in [-0.05, 0) is 43.4 Å². The average molecular weight is 410 g/mol. The number of imide groups is 1. The first-order valence-electron chi connectivity index (χ1n) is 9.53. The van der Waals surface area contributed by atoms with Crippen molar-refractivity contribution >= 4 is 30.1 Å². The molecule has 2 unspecified atom stereocenters. The molecule has 154 valence electrons. The molecule has 7 nitrogen and oxygen atoms in total. The summed E-state index contributed by atoms with van der Waals surface area (Å²) in [5, 5.41) is 2.91. The second-order valence-electron chi connectivity index (χ2n) is 7.65. The maximum absolute atomic E-state index is 12.7. The fourth-order valence-corrected chi connectivity index (χ4v) is 3.64. The highest BCUT2D eigenvalue weighted by Crippen LogP contribution is 2.26. The Hall–Kier alpha value is -1.96. The Bertz CT molecular complexity index is 747. The molecule has 2 aliphatic heterocycles. The molecule has 1 fully saturated rings. The Morgan fingerprint density at radius 3 is 2.61 bits per heavy atom. The monoisotopic (exact) mass is 409 g/mol. The molecule has 2 aliphatic rings. The quantitative estimate of drug-likeness (QED) is 0.670. The normalized spacial score (nSPS) is 19.6. The number of nitrogens with two attached hydrogens (primary N) is 1. The molecule has 0 radical (unpaired) electrons. The number of nitrogens with one attached hydrogen (secondary N) is 1. The number of ether oxygens (including phenoxy) is 1. The van der Waals surface area contributed by atoms with Crippen LogP contribution >= 0.6 is 12.4 Å². The molecule has 2 atom stereocenters. The number of hydrogen-bond donors (Lipinski definition) is 2. The summed E-state index contributed by atoms with van der Waals surface area (Å²) < 4.78 is 5.54. The molecular weight excluding hydrogens is 382 g/mol. The van der Waals surface area contributed by atoms with E-state index in [0.29, 0.717) is 30.2 Å². The SMILES string of the molecule is CC(C)CC(CN)NC(=O)c1ccc2c(c1)C(=O)N(CC1CCCO1)C2=O.Cl. The molecule has 0 aliphatic carbocycles. The highest BCUT2D eigenvalue weighted by atomic mass is 35.5. The lowest BCUT2D eigenvalue weighted by Gasteiger charge is -2.19. The van der Waals surface area contributed by atoms with Gasteiger partial charge in [0.25, 0.3) is 17.7 Å². The number of hydrogen-bond acceptors (Lipinski definition) is 5. The molecule has 0 saturated carbocycles. The van der Waals surface area contributed by atoms with E-state index in [4.69, 9.17) is 10.5 Å². The van der Waals surface area contributed by atoms with Gasteiger partial charge in [0, 0.05) is 24.8 Å². The van der Waals surface area contributed by atoms with Gasteiger partial charge >= 0.3 is 0 Å². The van der Waals surface area contributed by atoms with Crippen molar-refractivity contribution in [3.63, 3.8) is 0 Å². The summed E-state index contributed by atoms with van der Waals surface area (Å²) in [6, 6.07) is 4.51. The number of fused-ring (bicyclic) bond motifs is 1. The van der Waals surface area contributed by atoms with Crippen molar-refractivity contribution in [2.24, 2.45) is 11.7 Å². The summed E-state index contributed by atoms with van der Waals surface area (Å²) >= 11 is 0. The van der Waals surface area contributed by atoms with Crippen LogP contribution in [0.2, 0.25) is 0 Å². The van der Waals surface area contributed by atoms with E-state index < -0.39 is 0 Å². The van der Waals surface area contributed by atoms with Gasteiger partial charge < -0.3 is 15.8 Å². The molecule has 1 aromatic rings. The highest BCUT2D eigenvalue weighted by molar-refractivity contribution is 6.22. The maximum atomic E-state index is 12.7. The van der Waals surface area contributed by atoms with Crippen LogP contribution in [0.5, 0.6) is 0 Å². The van der Waals surface area contributed by atoms with Crippen LogP contribution in [0.25, 0.3) is 0 Å². The van der Waals surface area contributed by atoms with Crippen molar-refractivity contribution < 1.29 is 19.1 Å². The summed E-state index contributed by atoms with van der Waals surface area (Å²) in [5.41, 5.74) is 6.72. The minimum Gasteiger partial charge on any atom is -0.376 e. The number of halogens is 1. The van der Waals surface area contributed by atoms with E-state index in [1.54, 1.807) is 12.1 Å². The Morgan fingerprint density at radius 2 is 2.00 bits per heavy atom. The van der Waals surface area contributed by atoms with E-state index in [1.807, 2.05) is 0 Å². The number of carbonyl (C=O) groups is 3. The number of nitrogens with zero attached hydrogens (tertiary/aromatic N) is 1. The zero-order valence-corrected chi connectivity index (χ0v) is 17.1. The molecule has 2 heterocycles. The molecule has 3 rings (SSSR count). The van der Waals surface area contributed by atoms with Gasteiger partial charge in [0.1, 0.15) is 0 Å². The van der Waals surface area contributed by atoms with Crippen LogP contribution in [0.3, 0.4) is 0 Å². The highest BCUT2D eigenvalue weighted by Gasteiger charge is 2.38. The summed E-state index contributed by atoms with van der Waals surface area (Å²) in [6.45, 7) is 5.41. The number of carbonyl (C=O) groups excluding carboxylic acids is 3. The van der Waals surface area contributed by atoms with Crippen LogP contribution in [0.15, 0.2) is 18.2 Å².